The van der Waals surface area contributed by atoms with E-state index in [1.807, 2.05) is 51.1 Å². The number of carbonyl (C=O) groups is 10. The average Bonchev–Trinajstić information content (AvgIpc) is 3.92. The standard InChI is InChI=1S/C52H66F2N6O11.C2HF3O2/c1-30(2)37(25-36(63)26-39-44(64)18-19-45(39)65)49(68)57-31(3)48(67)58-42(50(69)56-21-10-13-35(62)15-17-41(55)51(70)71)20-22-60(46(66)29-61)47(52(4,5)6)43-23-33(38-24-34(53)14-16-40(38)54)28-59(43)27-32-11-8-7-9-12-32;3-2(4,5)1(6)7/h7-9,11-12,14,16,18-19,23-24,28,30-31,37,39,41-42,47,61H,10,13,15,17,20-22,25-27,29,55H2,1-6H3,(H,56,69)(H,57,68)(H,58,67)(H,70,71);(H,6,7)/t31-,37-,41-,42-,47-;/m0./s1. The number of aliphatic carboxylic acids is 2. The Balaban J connectivity index is 0.00000213. The average molecular weight is 1100 g/mol. The van der Waals surface area contributed by atoms with E-state index in [0.717, 1.165) is 35.9 Å². The number of ketones is 4. The summed E-state index contributed by atoms with van der Waals surface area (Å²) in [6, 6.07) is 9.19. The molecule has 0 saturated heterocycles. The van der Waals surface area contributed by atoms with E-state index < -0.39 is 125 Å². The maximum Gasteiger partial charge on any atom is 0.490 e. The van der Waals surface area contributed by atoms with Crippen molar-refractivity contribution in [3.05, 3.63) is 95.8 Å². The molecule has 19 nitrogen and oxygen atoms in total. The third kappa shape index (κ3) is 19.8. The van der Waals surface area contributed by atoms with Crippen molar-refractivity contribution < 1.29 is 85.2 Å². The minimum atomic E-state index is -5.08. The molecule has 4 rings (SSSR count). The Hall–Kier alpha value is -7.47. The van der Waals surface area contributed by atoms with E-state index in [1.54, 1.807) is 30.7 Å². The summed E-state index contributed by atoms with van der Waals surface area (Å²) in [6.45, 7) is 9.24. The van der Waals surface area contributed by atoms with Gasteiger partial charge in [0, 0.05) is 74.3 Å². The number of benzene rings is 2. The van der Waals surface area contributed by atoms with Crippen molar-refractivity contribution in [2.75, 3.05) is 19.7 Å². The number of nitrogens with zero attached hydrogens (tertiary/aromatic N) is 2. The summed E-state index contributed by atoms with van der Waals surface area (Å²) in [5.41, 5.74) is 6.29. The summed E-state index contributed by atoms with van der Waals surface area (Å²) in [5.74, 6) is -12.6. The second kappa shape index (κ2) is 29.3. The van der Waals surface area contributed by atoms with Crippen LogP contribution in [-0.2, 0) is 54.5 Å². The van der Waals surface area contributed by atoms with Gasteiger partial charge in [-0.05, 0) is 79.5 Å². The van der Waals surface area contributed by atoms with Gasteiger partial charge in [0.1, 0.15) is 47.9 Å². The number of aromatic nitrogens is 1. The van der Waals surface area contributed by atoms with E-state index >= 15 is 4.39 Å². The summed E-state index contributed by atoms with van der Waals surface area (Å²) in [4.78, 5) is 127. The molecule has 1 heterocycles. The van der Waals surface area contributed by atoms with Crippen LogP contribution in [0.1, 0.15) is 104 Å². The number of nitrogens with two attached hydrogens (primary N) is 1. The monoisotopic (exact) mass is 1100 g/mol. The lowest BCUT2D eigenvalue weighted by atomic mass is 9.82. The highest BCUT2D eigenvalue weighted by molar-refractivity contribution is 6.20. The van der Waals surface area contributed by atoms with Crippen molar-refractivity contribution in [1.82, 2.24) is 25.4 Å². The maximum atomic E-state index is 15.3. The molecule has 5 atom stereocenters. The number of carbonyl (C=O) groups excluding carboxylic acids is 8. The number of alkyl halides is 3. The first-order valence-corrected chi connectivity index (χ1v) is 24.9. The largest absolute Gasteiger partial charge is 0.490 e. The van der Waals surface area contributed by atoms with Crippen LogP contribution in [0.5, 0.6) is 0 Å². The Morgan fingerprint density at radius 1 is 0.808 bits per heavy atom. The van der Waals surface area contributed by atoms with E-state index in [4.69, 9.17) is 20.7 Å². The van der Waals surface area contributed by atoms with Gasteiger partial charge in [0.2, 0.25) is 23.6 Å². The minimum absolute atomic E-state index is 0.0213. The Bertz CT molecular complexity index is 2670. The van der Waals surface area contributed by atoms with E-state index in [2.05, 4.69) is 16.0 Å². The second-order valence-electron chi connectivity index (χ2n) is 20.2. The van der Waals surface area contributed by atoms with Gasteiger partial charge in [-0.25, -0.2) is 13.6 Å². The number of hydrogen-bond donors (Lipinski definition) is 7. The first-order valence-electron chi connectivity index (χ1n) is 24.9. The fourth-order valence-corrected chi connectivity index (χ4v) is 8.43. The van der Waals surface area contributed by atoms with Crippen molar-refractivity contribution in [2.24, 2.45) is 28.9 Å². The van der Waals surface area contributed by atoms with Gasteiger partial charge in [0.05, 0.1) is 12.0 Å². The van der Waals surface area contributed by atoms with Crippen LogP contribution in [-0.4, -0.2) is 127 Å². The zero-order valence-corrected chi connectivity index (χ0v) is 44.0. The molecule has 4 amide bonds. The molecular formula is C54H67F5N6O13. The van der Waals surface area contributed by atoms with Crippen molar-refractivity contribution in [3.8, 4) is 11.1 Å². The highest BCUT2D eigenvalue weighted by Crippen LogP contribution is 2.41. The van der Waals surface area contributed by atoms with Crippen LogP contribution in [0.25, 0.3) is 11.1 Å². The first-order chi connectivity index (χ1) is 36.3. The molecule has 0 radical (unpaired) electrons. The lowest BCUT2D eigenvalue weighted by molar-refractivity contribution is -0.192. The molecular weight excluding hydrogens is 1040 g/mol. The van der Waals surface area contributed by atoms with Crippen LogP contribution in [0.3, 0.4) is 0 Å². The number of rotatable bonds is 27. The second-order valence-corrected chi connectivity index (χ2v) is 20.2. The van der Waals surface area contributed by atoms with Gasteiger partial charge < -0.3 is 46.5 Å². The number of aliphatic hydroxyl groups is 1. The summed E-state index contributed by atoms with van der Waals surface area (Å²) in [6.07, 6.45) is -2.22. The first kappa shape index (κ1) is 64.8. The number of carboxylic acids is 2. The molecule has 24 heteroatoms. The Morgan fingerprint density at radius 2 is 1.42 bits per heavy atom. The highest BCUT2D eigenvalue weighted by atomic mass is 19.4. The molecule has 0 saturated carbocycles. The molecule has 2 aromatic carbocycles. The Labute approximate surface area is 447 Å². The van der Waals surface area contributed by atoms with Crippen molar-refractivity contribution >= 4 is 58.7 Å². The zero-order chi connectivity index (χ0) is 58.8. The van der Waals surface area contributed by atoms with Gasteiger partial charge in [0.25, 0.3) is 0 Å². The zero-order valence-electron chi connectivity index (χ0n) is 44.0. The molecule has 0 spiro atoms. The van der Waals surface area contributed by atoms with Crippen LogP contribution < -0.4 is 21.7 Å². The normalized spacial score (nSPS) is 14.6. The molecule has 1 aromatic heterocycles. The summed E-state index contributed by atoms with van der Waals surface area (Å²) in [7, 11) is 0. The number of aliphatic hydroxyl groups excluding tert-OH is 1. The Kier molecular flexibility index (Phi) is 24.4. The van der Waals surface area contributed by atoms with Crippen molar-refractivity contribution in [2.45, 2.75) is 123 Å². The topological polar surface area (TPSA) is 302 Å². The summed E-state index contributed by atoms with van der Waals surface area (Å²) in [5, 5.41) is 34.5. The molecule has 0 bridgehead atoms. The van der Waals surface area contributed by atoms with Crippen LogP contribution in [0.4, 0.5) is 22.0 Å². The highest BCUT2D eigenvalue weighted by Gasteiger charge is 2.40. The number of halogens is 5. The molecule has 78 heavy (non-hydrogen) atoms. The number of amides is 4. The van der Waals surface area contributed by atoms with Crippen LogP contribution in [0.15, 0.2) is 72.9 Å². The number of nitrogens with one attached hydrogen (secondary N) is 3. The lowest BCUT2D eigenvalue weighted by Crippen LogP contribution is -2.55. The fraction of sp³-hybridized carbons (Fsp3) is 0.481. The van der Waals surface area contributed by atoms with E-state index in [1.165, 1.54) is 11.8 Å². The maximum absolute atomic E-state index is 15.3. The minimum Gasteiger partial charge on any atom is -0.480 e. The van der Waals surface area contributed by atoms with Crippen LogP contribution in [0.2, 0.25) is 0 Å². The van der Waals surface area contributed by atoms with Gasteiger partial charge >= 0.3 is 18.1 Å². The SMILES string of the molecule is CC(C)[C@H](CC(=O)CC1C(=O)C=CC1=O)C(=O)N[C@@H](C)C(=O)N[C@@H](CCN(C(=O)CO)[C@@H](c1cc(-c2cc(F)ccc2F)cn1Cc1ccccc1)C(C)(C)C)C(=O)NCCCC(=O)CC[C@H](N)C(=O)O.O=C(O)C(F)(F)F. The number of Topliss-reactive ketones (excluding diaryl/α,β-unsaturated/α-hetero) is 2. The van der Waals surface area contributed by atoms with Gasteiger partial charge in [-0.1, -0.05) is 65.0 Å². The lowest BCUT2D eigenvalue weighted by Gasteiger charge is -2.41. The predicted octanol–water partition coefficient (Wildman–Crippen LogP) is 5.01. The smallest absolute Gasteiger partial charge is 0.480 e. The van der Waals surface area contributed by atoms with Gasteiger partial charge in [-0.2, -0.15) is 13.2 Å². The van der Waals surface area contributed by atoms with E-state index in [9.17, 15) is 65.8 Å². The molecule has 0 aliphatic heterocycles. The third-order valence-corrected chi connectivity index (χ3v) is 12.6. The van der Waals surface area contributed by atoms with Gasteiger partial charge in [-0.15, -0.1) is 0 Å². The Morgan fingerprint density at radius 3 is 1.97 bits per heavy atom. The molecule has 8 N–H and O–H groups in total. The summed E-state index contributed by atoms with van der Waals surface area (Å²) < 4.78 is 63.4. The van der Waals surface area contributed by atoms with Crippen molar-refractivity contribution in [3.63, 3.8) is 0 Å². The van der Waals surface area contributed by atoms with E-state index in [-0.39, 0.29) is 75.9 Å². The molecule has 3 aromatic rings. The molecule has 1 aliphatic carbocycles. The van der Waals surface area contributed by atoms with Gasteiger partial charge in [0.15, 0.2) is 11.6 Å². The fourth-order valence-electron chi connectivity index (χ4n) is 8.43. The molecule has 426 valence electrons. The van der Waals surface area contributed by atoms with Crippen LogP contribution in [0, 0.1) is 34.8 Å². The quantitative estimate of drug-likeness (QED) is 0.0300. The number of carboxylic acid groups (broad SMARTS) is 2. The number of hydrogen-bond acceptors (Lipinski definition) is 12. The predicted molar refractivity (Wildman–Crippen MR) is 271 cm³/mol. The summed E-state index contributed by atoms with van der Waals surface area (Å²) >= 11 is 0. The third-order valence-electron chi connectivity index (χ3n) is 12.6. The van der Waals surface area contributed by atoms with Gasteiger partial charge in [-0.3, -0.25) is 43.2 Å². The number of allylic oxidation sites excluding steroid dienone is 2. The van der Waals surface area contributed by atoms with Crippen LogP contribution >= 0.6 is 0 Å². The van der Waals surface area contributed by atoms with E-state index in [0.29, 0.717) is 11.3 Å². The molecule has 0 unspecified atom stereocenters. The molecule has 0 fully saturated rings. The van der Waals surface area contributed by atoms with Crippen molar-refractivity contribution in [1.29, 1.82) is 0 Å². The molecule has 1 aliphatic rings.